The molecule has 4 nitrogen and oxygen atoms in total. The molecule has 0 saturated heterocycles. The molecule has 0 amide bonds. The third kappa shape index (κ3) is 1.80. The van der Waals surface area contributed by atoms with Crippen molar-refractivity contribution in [3.8, 4) is 5.75 Å². The molecule has 0 aromatic heterocycles. The summed E-state index contributed by atoms with van der Waals surface area (Å²) in [6, 6.07) is 6.36. The van der Waals surface area contributed by atoms with Crippen LogP contribution in [0.5, 0.6) is 5.75 Å². The van der Waals surface area contributed by atoms with E-state index < -0.39 is 18.8 Å². The molecule has 13 heavy (non-hydrogen) atoms. The van der Waals surface area contributed by atoms with Crippen molar-refractivity contribution >= 4 is 0 Å². The summed E-state index contributed by atoms with van der Waals surface area (Å²) < 4.78 is 0. The molecule has 0 fully saturated rings. The SMILES string of the molecule is NC(CO)(CO)c1ccccc1O. The lowest BCUT2D eigenvalue weighted by Gasteiger charge is -2.25. The second-order valence-electron chi connectivity index (χ2n) is 2.99. The first-order chi connectivity index (χ1) is 6.14. The van der Waals surface area contributed by atoms with E-state index >= 15 is 0 Å². The standard InChI is InChI=1S/C9H13NO3/c10-9(5-11,6-12)7-3-1-2-4-8(7)13/h1-4,11-13H,5-6,10H2. The first-order valence-electron chi connectivity index (χ1n) is 3.93. The Labute approximate surface area is 76.2 Å². The van der Waals surface area contributed by atoms with E-state index in [1.54, 1.807) is 18.2 Å². The number of aliphatic hydroxyl groups excluding tert-OH is 2. The summed E-state index contributed by atoms with van der Waals surface area (Å²) in [7, 11) is 0. The van der Waals surface area contributed by atoms with Gasteiger partial charge in [0.15, 0.2) is 0 Å². The number of hydrogen-bond acceptors (Lipinski definition) is 4. The Kier molecular flexibility index (Phi) is 2.87. The zero-order chi connectivity index (χ0) is 9.90. The molecule has 1 aromatic rings. The molecule has 0 heterocycles. The Morgan fingerprint density at radius 3 is 2.15 bits per heavy atom. The molecule has 0 atom stereocenters. The average Bonchev–Trinajstić information content (AvgIpc) is 2.17. The maximum Gasteiger partial charge on any atom is 0.120 e. The highest BCUT2D eigenvalue weighted by molar-refractivity contribution is 5.37. The number of phenols is 1. The molecule has 5 N–H and O–H groups in total. The highest BCUT2D eigenvalue weighted by atomic mass is 16.3. The van der Waals surface area contributed by atoms with E-state index in [0.717, 1.165) is 0 Å². The second-order valence-corrected chi connectivity index (χ2v) is 2.99. The van der Waals surface area contributed by atoms with Crippen LogP contribution in [0.1, 0.15) is 5.56 Å². The van der Waals surface area contributed by atoms with Gasteiger partial charge in [-0.3, -0.25) is 0 Å². The topological polar surface area (TPSA) is 86.7 Å². The van der Waals surface area contributed by atoms with Crippen LogP contribution in [0.4, 0.5) is 0 Å². The van der Waals surface area contributed by atoms with Gasteiger partial charge in [-0.2, -0.15) is 0 Å². The fourth-order valence-electron chi connectivity index (χ4n) is 1.12. The van der Waals surface area contributed by atoms with Crippen LogP contribution < -0.4 is 5.73 Å². The first kappa shape index (κ1) is 9.98. The molecule has 0 radical (unpaired) electrons. The predicted octanol–water partition coefficient (Wildman–Crippen LogP) is -0.469. The van der Waals surface area contributed by atoms with Crippen molar-refractivity contribution in [2.24, 2.45) is 5.73 Å². The van der Waals surface area contributed by atoms with Crippen LogP contribution in [0.15, 0.2) is 24.3 Å². The van der Waals surface area contributed by atoms with Gasteiger partial charge in [-0.25, -0.2) is 0 Å². The normalized spacial score (nSPS) is 11.6. The molecule has 4 heteroatoms. The minimum atomic E-state index is -1.27. The van der Waals surface area contributed by atoms with E-state index in [9.17, 15) is 5.11 Å². The number of aliphatic hydroxyl groups is 2. The average molecular weight is 183 g/mol. The lowest BCUT2D eigenvalue weighted by atomic mass is 9.92. The summed E-state index contributed by atoms with van der Waals surface area (Å²) in [5.41, 5.74) is 4.73. The largest absolute Gasteiger partial charge is 0.508 e. The number of para-hydroxylation sites is 1. The number of hydrogen-bond donors (Lipinski definition) is 4. The van der Waals surface area contributed by atoms with Gasteiger partial charge in [-0.15, -0.1) is 0 Å². The third-order valence-corrected chi connectivity index (χ3v) is 2.00. The molecule has 0 spiro atoms. The minimum absolute atomic E-state index is 0.0203. The third-order valence-electron chi connectivity index (χ3n) is 2.00. The number of phenolic OH excluding ortho intramolecular Hbond substituents is 1. The number of benzene rings is 1. The number of rotatable bonds is 3. The quantitative estimate of drug-likeness (QED) is 0.510. The van der Waals surface area contributed by atoms with Crippen molar-refractivity contribution in [3.63, 3.8) is 0 Å². The molecule has 1 rings (SSSR count). The highest BCUT2D eigenvalue weighted by Crippen LogP contribution is 2.26. The lowest BCUT2D eigenvalue weighted by Crippen LogP contribution is -2.44. The Morgan fingerprint density at radius 1 is 1.15 bits per heavy atom. The van der Waals surface area contributed by atoms with Crippen molar-refractivity contribution in [2.45, 2.75) is 5.54 Å². The zero-order valence-electron chi connectivity index (χ0n) is 7.14. The van der Waals surface area contributed by atoms with Gasteiger partial charge in [0.05, 0.1) is 18.8 Å². The molecule has 0 saturated carbocycles. The highest BCUT2D eigenvalue weighted by Gasteiger charge is 2.28. The van der Waals surface area contributed by atoms with Crippen LogP contribution in [0.3, 0.4) is 0 Å². The summed E-state index contributed by atoms with van der Waals surface area (Å²) in [5, 5.41) is 27.3. The maximum absolute atomic E-state index is 9.41. The van der Waals surface area contributed by atoms with Crippen molar-refractivity contribution < 1.29 is 15.3 Å². The smallest absolute Gasteiger partial charge is 0.120 e. The monoisotopic (exact) mass is 183 g/mol. The van der Waals surface area contributed by atoms with Gasteiger partial charge in [0.2, 0.25) is 0 Å². The Morgan fingerprint density at radius 2 is 1.69 bits per heavy atom. The summed E-state index contributed by atoms with van der Waals surface area (Å²) in [5.74, 6) is -0.0203. The van der Waals surface area contributed by atoms with Crippen LogP contribution in [-0.4, -0.2) is 28.5 Å². The van der Waals surface area contributed by atoms with Gasteiger partial charge in [-0.1, -0.05) is 18.2 Å². The van der Waals surface area contributed by atoms with Crippen LogP contribution in [-0.2, 0) is 5.54 Å². The van der Waals surface area contributed by atoms with Crippen LogP contribution in [0.2, 0.25) is 0 Å². The van der Waals surface area contributed by atoms with Crippen LogP contribution >= 0.6 is 0 Å². The maximum atomic E-state index is 9.41. The fourth-order valence-corrected chi connectivity index (χ4v) is 1.12. The second kappa shape index (κ2) is 3.74. The van der Waals surface area contributed by atoms with Gasteiger partial charge in [0.25, 0.3) is 0 Å². The van der Waals surface area contributed by atoms with E-state index in [1.807, 2.05) is 0 Å². The van der Waals surface area contributed by atoms with Gasteiger partial charge in [0.1, 0.15) is 5.75 Å². The molecular formula is C9H13NO3. The molecule has 0 bridgehead atoms. The summed E-state index contributed by atoms with van der Waals surface area (Å²) in [6.07, 6.45) is 0. The van der Waals surface area contributed by atoms with E-state index in [-0.39, 0.29) is 5.75 Å². The summed E-state index contributed by atoms with van der Waals surface area (Å²) in [4.78, 5) is 0. The van der Waals surface area contributed by atoms with Crippen LogP contribution in [0.25, 0.3) is 0 Å². The minimum Gasteiger partial charge on any atom is -0.508 e. The molecule has 72 valence electrons. The molecule has 1 aromatic carbocycles. The van der Waals surface area contributed by atoms with Crippen molar-refractivity contribution in [1.29, 1.82) is 0 Å². The Bertz CT molecular complexity index is 284. The van der Waals surface area contributed by atoms with Crippen molar-refractivity contribution in [3.05, 3.63) is 29.8 Å². The molecule has 0 aliphatic carbocycles. The van der Waals surface area contributed by atoms with Crippen LogP contribution in [0, 0.1) is 0 Å². The zero-order valence-corrected chi connectivity index (χ0v) is 7.14. The lowest BCUT2D eigenvalue weighted by molar-refractivity contribution is 0.119. The van der Waals surface area contributed by atoms with E-state index in [0.29, 0.717) is 5.56 Å². The summed E-state index contributed by atoms with van der Waals surface area (Å²) in [6.45, 7) is -0.831. The Balaban J connectivity index is 3.12. The molecule has 0 unspecified atom stereocenters. The Hall–Kier alpha value is -1.10. The number of aromatic hydroxyl groups is 1. The predicted molar refractivity (Wildman–Crippen MR) is 48.1 cm³/mol. The van der Waals surface area contributed by atoms with E-state index in [2.05, 4.69) is 0 Å². The van der Waals surface area contributed by atoms with E-state index in [4.69, 9.17) is 15.9 Å². The van der Waals surface area contributed by atoms with Gasteiger partial charge in [-0.05, 0) is 6.07 Å². The van der Waals surface area contributed by atoms with Crippen molar-refractivity contribution in [2.75, 3.05) is 13.2 Å². The van der Waals surface area contributed by atoms with Gasteiger partial charge < -0.3 is 21.1 Å². The molecular weight excluding hydrogens is 170 g/mol. The van der Waals surface area contributed by atoms with Crippen molar-refractivity contribution in [1.82, 2.24) is 0 Å². The fraction of sp³-hybridized carbons (Fsp3) is 0.333. The molecule has 0 aliphatic heterocycles. The van der Waals surface area contributed by atoms with Gasteiger partial charge in [0, 0.05) is 5.56 Å². The summed E-state index contributed by atoms with van der Waals surface area (Å²) >= 11 is 0. The van der Waals surface area contributed by atoms with Gasteiger partial charge >= 0.3 is 0 Å². The number of nitrogens with two attached hydrogens (primary N) is 1. The first-order valence-corrected chi connectivity index (χ1v) is 3.93. The van der Waals surface area contributed by atoms with E-state index in [1.165, 1.54) is 6.07 Å². The molecule has 0 aliphatic rings.